The maximum Gasteiger partial charge on any atom is 0.229 e. The van der Waals surface area contributed by atoms with E-state index in [-0.39, 0.29) is 11.9 Å². The molecule has 3 aromatic rings. The molecule has 174 valence electrons. The molecular weight excluding hydrogens is 440 g/mol. The van der Waals surface area contributed by atoms with Crippen LogP contribution in [0.25, 0.3) is 21.6 Å². The normalized spacial score (nSPS) is 17.5. The largest absolute Gasteiger partial charge is 0.378 e. The van der Waals surface area contributed by atoms with E-state index in [4.69, 9.17) is 14.7 Å². The highest BCUT2D eigenvalue weighted by molar-refractivity contribution is 7.19. The van der Waals surface area contributed by atoms with Crippen molar-refractivity contribution < 1.29 is 9.53 Å². The third-order valence-electron chi connectivity index (χ3n) is 5.93. The molecule has 0 bridgehead atoms. The van der Waals surface area contributed by atoms with Crippen molar-refractivity contribution in [3.05, 3.63) is 22.8 Å². The fraction of sp³-hybridized carbons (Fsp3) is 0.500. The molecule has 0 spiro atoms. The Labute approximate surface area is 196 Å². The number of aryl methyl sites for hydroxylation is 1. The number of hydrogen-bond donors (Lipinski definition) is 2. The molecule has 2 saturated heterocycles. The number of carbonyl (C=O) groups is 1. The summed E-state index contributed by atoms with van der Waals surface area (Å²) in [6.07, 6.45) is 3.32. The van der Waals surface area contributed by atoms with Gasteiger partial charge in [-0.25, -0.2) is 19.9 Å². The number of thiophene rings is 1. The molecule has 0 unspecified atom stereocenters. The van der Waals surface area contributed by atoms with E-state index in [0.29, 0.717) is 19.0 Å². The van der Waals surface area contributed by atoms with Crippen LogP contribution in [-0.2, 0) is 16.1 Å². The van der Waals surface area contributed by atoms with Gasteiger partial charge >= 0.3 is 0 Å². The molecule has 5 rings (SSSR count). The van der Waals surface area contributed by atoms with Gasteiger partial charge in [0.1, 0.15) is 0 Å². The first-order valence-corrected chi connectivity index (χ1v) is 12.1. The monoisotopic (exact) mass is 468 g/mol. The highest BCUT2D eigenvalue weighted by Gasteiger charge is 2.23. The first-order valence-electron chi connectivity index (χ1n) is 11.2. The lowest BCUT2D eigenvalue weighted by Crippen LogP contribution is -2.42. The Morgan fingerprint density at radius 3 is 2.58 bits per heavy atom. The summed E-state index contributed by atoms with van der Waals surface area (Å²) in [4.78, 5) is 35.8. The molecule has 10 nitrogen and oxygen atoms in total. The molecular formula is C22H28N8O2S. The Bertz CT molecular complexity index is 1140. The first kappa shape index (κ1) is 22.1. The van der Waals surface area contributed by atoms with Crippen LogP contribution in [0.5, 0.6) is 0 Å². The van der Waals surface area contributed by atoms with Gasteiger partial charge in [0.05, 0.1) is 29.0 Å². The van der Waals surface area contributed by atoms with Crippen molar-refractivity contribution in [3.63, 3.8) is 0 Å². The zero-order valence-electron chi connectivity index (χ0n) is 18.9. The lowest BCUT2D eigenvalue weighted by atomic mass is 10.2. The quantitative estimate of drug-likeness (QED) is 0.578. The molecule has 2 fully saturated rings. The van der Waals surface area contributed by atoms with E-state index in [1.807, 2.05) is 0 Å². The zero-order chi connectivity index (χ0) is 22.8. The lowest BCUT2D eigenvalue weighted by Gasteiger charge is -2.28. The van der Waals surface area contributed by atoms with E-state index >= 15 is 0 Å². The smallest absolute Gasteiger partial charge is 0.229 e. The van der Waals surface area contributed by atoms with Crippen molar-refractivity contribution in [2.45, 2.75) is 20.4 Å². The van der Waals surface area contributed by atoms with Crippen LogP contribution in [0.3, 0.4) is 0 Å². The van der Waals surface area contributed by atoms with Crippen molar-refractivity contribution in [1.82, 2.24) is 30.2 Å². The topological polar surface area (TPSA) is 108 Å². The molecule has 5 heterocycles. The molecule has 11 heteroatoms. The summed E-state index contributed by atoms with van der Waals surface area (Å²) in [7, 11) is 0. The number of ether oxygens (including phenoxy) is 1. The Kier molecular flexibility index (Phi) is 6.45. The zero-order valence-corrected chi connectivity index (χ0v) is 19.7. The molecule has 0 aromatic carbocycles. The Morgan fingerprint density at radius 2 is 1.88 bits per heavy atom. The molecule has 2 N–H and O–H groups in total. The number of hydrogen-bond acceptors (Lipinski definition) is 10. The van der Waals surface area contributed by atoms with Crippen LogP contribution in [-0.4, -0.2) is 83.2 Å². The van der Waals surface area contributed by atoms with Crippen molar-refractivity contribution in [2.24, 2.45) is 0 Å². The second kappa shape index (κ2) is 9.64. The van der Waals surface area contributed by atoms with Crippen LogP contribution in [0.4, 0.5) is 11.8 Å². The fourth-order valence-electron chi connectivity index (χ4n) is 4.13. The number of nitrogens with zero attached hydrogens (tertiary/aromatic N) is 6. The predicted octanol–water partition coefficient (Wildman–Crippen LogP) is 1.66. The van der Waals surface area contributed by atoms with Crippen LogP contribution >= 0.6 is 11.3 Å². The number of carbonyl (C=O) groups excluding carboxylic acids is 1. The Morgan fingerprint density at radius 1 is 1.15 bits per heavy atom. The maximum atomic E-state index is 11.3. The van der Waals surface area contributed by atoms with Crippen LogP contribution < -0.4 is 15.5 Å². The second-order valence-corrected chi connectivity index (χ2v) is 9.41. The summed E-state index contributed by atoms with van der Waals surface area (Å²) in [5.74, 6) is 1.60. The average molecular weight is 469 g/mol. The minimum atomic E-state index is -0.207. The maximum absolute atomic E-state index is 11.3. The number of rotatable bonds is 5. The third-order valence-corrected chi connectivity index (χ3v) is 7.19. The second-order valence-electron chi connectivity index (χ2n) is 8.30. The molecule has 0 saturated carbocycles. The number of nitrogens with one attached hydrogen (secondary N) is 2. The van der Waals surface area contributed by atoms with Crippen molar-refractivity contribution >= 4 is 39.2 Å². The van der Waals surface area contributed by atoms with Crippen LogP contribution in [0.2, 0.25) is 0 Å². The minimum absolute atomic E-state index is 0.207. The highest BCUT2D eigenvalue weighted by Crippen LogP contribution is 2.38. The van der Waals surface area contributed by atoms with E-state index in [1.54, 1.807) is 23.7 Å². The molecule has 3 aromatic heterocycles. The lowest BCUT2D eigenvalue weighted by molar-refractivity contribution is -0.114. The summed E-state index contributed by atoms with van der Waals surface area (Å²) in [6.45, 7) is 11.7. The van der Waals surface area contributed by atoms with E-state index in [2.05, 4.69) is 37.3 Å². The molecule has 2 aliphatic rings. The highest BCUT2D eigenvalue weighted by atomic mass is 32.1. The van der Waals surface area contributed by atoms with Crippen LogP contribution in [0, 0.1) is 6.92 Å². The third kappa shape index (κ3) is 4.81. The standard InChI is InChI=1S/C22H28N8O2S/c1-14-17(13-29-5-3-23-4-6-29)33-19-18(14)27-20(28-21(19)30-7-9-32-10-8-30)16-11-24-22(25-12-16)26-15(2)31/h11-12,23H,3-10,13H2,1-2H3,(H,24,25,26,31). The van der Waals surface area contributed by atoms with Crippen molar-refractivity contribution in [2.75, 3.05) is 62.7 Å². The Hall–Kier alpha value is -2.73. The van der Waals surface area contributed by atoms with Gasteiger partial charge in [0.25, 0.3) is 0 Å². The van der Waals surface area contributed by atoms with E-state index in [0.717, 1.165) is 67.4 Å². The number of amides is 1. The number of aromatic nitrogens is 4. The van der Waals surface area contributed by atoms with Gasteiger partial charge in [0, 0.05) is 70.0 Å². The molecule has 0 aliphatic carbocycles. The minimum Gasteiger partial charge on any atom is -0.378 e. The number of piperazine rings is 1. The number of anilines is 2. The van der Waals surface area contributed by atoms with Crippen molar-refractivity contribution in [3.8, 4) is 11.4 Å². The summed E-state index contributed by atoms with van der Waals surface area (Å²) in [6, 6.07) is 0. The van der Waals surface area contributed by atoms with E-state index < -0.39 is 0 Å². The summed E-state index contributed by atoms with van der Waals surface area (Å²) < 4.78 is 6.70. The first-order chi connectivity index (χ1) is 16.1. The SMILES string of the molecule is CC(=O)Nc1ncc(-c2nc(N3CCOCC3)c3sc(CN4CCNCC4)c(C)c3n2)cn1. The van der Waals surface area contributed by atoms with Gasteiger partial charge in [-0.1, -0.05) is 0 Å². The van der Waals surface area contributed by atoms with Crippen molar-refractivity contribution in [1.29, 1.82) is 0 Å². The molecule has 0 atom stereocenters. The number of morpholine rings is 1. The molecule has 1 amide bonds. The van der Waals surface area contributed by atoms with Crippen LogP contribution in [0.15, 0.2) is 12.4 Å². The van der Waals surface area contributed by atoms with Gasteiger partial charge in [-0.15, -0.1) is 11.3 Å². The van der Waals surface area contributed by atoms with Gasteiger partial charge in [-0.3, -0.25) is 15.0 Å². The van der Waals surface area contributed by atoms with Gasteiger partial charge in [-0.2, -0.15) is 0 Å². The van der Waals surface area contributed by atoms with Gasteiger partial charge in [0.2, 0.25) is 11.9 Å². The van der Waals surface area contributed by atoms with Gasteiger partial charge in [-0.05, 0) is 12.5 Å². The predicted molar refractivity (Wildman–Crippen MR) is 129 cm³/mol. The van der Waals surface area contributed by atoms with E-state index in [9.17, 15) is 4.79 Å². The van der Waals surface area contributed by atoms with Gasteiger partial charge in [0.15, 0.2) is 11.6 Å². The average Bonchev–Trinajstić information content (AvgIpc) is 3.15. The fourth-order valence-corrected chi connectivity index (χ4v) is 5.43. The molecule has 33 heavy (non-hydrogen) atoms. The molecule has 2 aliphatic heterocycles. The number of fused-ring (bicyclic) bond motifs is 1. The van der Waals surface area contributed by atoms with E-state index in [1.165, 1.54) is 17.4 Å². The summed E-state index contributed by atoms with van der Waals surface area (Å²) >= 11 is 1.80. The van der Waals surface area contributed by atoms with Gasteiger partial charge < -0.3 is 15.0 Å². The van der Waals surface area contributed by atoms with Crippen LogP contribution in [0.1, 0.15) is 17.4 Å². The molecule has 0 radical (unpaired) electrons. The summed E-state index contributed by atoms with van der Waals surface area (Å²) in [5, 5.41) is 6.02. The Balaban J connectivity index is 1.55. The summed E-state index contributed by atoms with van der Waals surface area (Å²) in [5.41, 5.74) is 2.92.